The molecule has 8 heteroatoms. The topological polar surface area (TPSA) is 101 Å². The van der Waals surface area contributed by atoms with Crippen LogP contribution in [0.4, 0.5) is 0 Å². The summed E-state index contributed by atoms with van der Waals surface area (Å²) in [5, 5.41) is 12.0. The van der Waals surface area contributed by atoms with Crippen LogP contribution in [0.5, 0.6) is 0 Å². The van der Waals surface area contributed by atoms with E-state index in [1.165, 1.54) is 17.8 Å². The maximum atomic E-state index is 12.0. The van der Waals surface area contributed by atoms with Crippen LogP contribution in [-0.4, -0.2) is 49.0 Å². The van der Waals surface area contributed by atoms with Crippen LogP contribution in [0.25, 0.3) is 0 Å². The van der Waals surface area contributed by atoms with Crippen molar-refractivity contribution < 1.29 is 19.1 Å². The highest BCUT2D eigenvalue weighted by molar-refractivity contribution is 8.00. The average Bonchev–Trinajstić information content (AvgIpc) is 2.55. The van der Waals surface area contributed by atoms with E-state index in [1.807, 2.05) is 6.07 Å². The Balaban J connectivity index is 2.92. The number of aryl methyl sites for hydroxylation is 1. The first-order valence-electron chi connectivity index (χ1n) is 7.46. The number of hydrogen-bond acceptors (Lipinski definition) is 7. The van der Waals surface area contributed by atoms with Crippen molar-refractivity contribution in [1.82, 2.24) is 10.3 Å². The van der Waals surface area contributed by atoms with Crippen LogP contribution in [-0.2, 0) is 14.3 Å². The molecule has 0 spiro atoms. The van der Waals surface area contributed by atoms with Gasteiger partial charge in [-0.15, -0.1) is 0 Å². The number of thioether (sulfide) groups is 1. The molecule has 7 nitrogen and oxygen atoms in total. The van der Waals surface area contributed by atoms with Gasteiger partial charge in [-0.05, 0) is 26.8 Å². The molecule has 0 saturated carbocycles. The minimum absolute atomic E-state index is 0.171. The van der Waals surface area contributed by atoms with Crippen molar-refractivity contribution in [3.63, 3.8) is 0 Å². The number of aromatic nitrogens is 1. The second-order valence-electron chi connectivity index (χ2n) is 4.85. The molecule has 0 aliphatic carbocycles. The van der Waals surface area contributed by atoms with Crippen molar-refractivity contribution in [1.29, 1.82) is 5.26 Å². The molecular weight excluding hydrogens is 330 g/mol. The number of hydrogen-bond donors (Lipinski definition) is 1. The van der Waals surface area contributed by atoms with Crippen LogP contribution in [0.15, 0.2) is 11.1 Å². The van der Waals surface area contributed by atoms with Crippen LogP contribution in [0.1, 0.15) is 35.5 Å². The molecule has 0 fully saturated rings. The third-order valence-electron chi connectivity index (χ3n) is 3.06. The predicted molar refractivity (Wildman–Crippen MR) is 89.9 cm³/mol. The Morgan fingerprint density at radius 3 is 2.79 bits per heavy atom. The summed E-state index contributed by atoms with van der Waals surface area (Å²) in [6.45, 7) is 6.19. The largest absolute Gasteiger partial charge is 0.462 e. The van der Waals surface area contributed by atoms with Gasteiger partial charge in [-0.25, -0.2) is 9.78 Å². The second kappa shape index (κ2) is 9.90. The van der Waals surface area contributed by atoms with Gasteiger partial charge in [-0.2, -0.15) is 5.26 Å². The van der Waals surface area contributed by atoms with Crippen molar-refractivity contribution in [2.45, 2.75) is 31.0 Å². The van der Waals surface area contributed by atoms with Gasteiger partial charge in [0.25, 0.3) is 0 Å². The van der Waals surface area contributed by atoms with Gasteiger partial charge in [-0.1, -0.05) is 11.8 Å². The first-order chi connectivity index (χ1) is 11.4. The predicted octanol–water partition coefficient (Wildman–Crippen LogP) is 1.68. The molecule has 0 radical (unpaired) electrons. The molecule has 0 aliphatic heterocycles. The molecule has 1 N–H and O–H groups in total. The molecule has 1 atom stereocenters. The third-order valence-corrected chi connectivity index (χ3v) is 4.16. The van der Waals surface area contributed by atoms with Crippen LogP contribution < -0.4 is 5.32 Å². The molecule has 1 rings (SSSR count). The smallest absolute Gasteiger partial charge is 0.340 e. The quantitative estimate of drug-likeness (QED) is 0.432. The van der Waals surface area contributed by atoms with Gasteiger partial charge in [0.05, 0.1) is 35.3 Å². The molecule has 1 aromatic rings. The number of nitrogens with one attached hydrogen (secondary N) is 1. The van der Waals surface area contributed by atoms with Gasteiger partial charge >= 0.3 is 5.97 Å². The number of nitriles is 1. The van der Waals surface area contributed by atoms with Gasteiger partial charge in [0.2, 0.25) is 5.91 Å². The zero-order chi connectivity index (χ0) is 18.1. The normalized spacial score (nSPS) is 11.5. The molecule has 0 aliphatic rings. The summed E-state index contributed by atoms with van der Waals surface area (Å²) in [6, 6.07) is 3.47. The number of carbonyl (C=O) groups excluding carboxylic acids is 2. The highest BCUT2D eigenvalue weighted by Gasteiger charge is 2.20. The van der Waals surface area contributed by atoms with Crippen molar-refractivity contribution in [3.05, 3.63) is 22.9 Å². The summed E-state index contributed by atoms with van der Waals surface area (Å²) < 4.78 is 9.83. The summed E-state index contributed by atoms with van der Waals surface area (Å²) >= 11 is 1.17. The fourth-order valence-electron chi connectivity index (χ4n) is 1.81. The number of ether oxygens (including phenoxy) is 2. The molecule has 1 amide bonds. The summed E-state index contributed by atoms with van der Waals surface area (Å²) in [6.07, 6.45) is 0. The van der Waals surface area contributed by atoms with E-state index in [0.717, 1.165) is 0 Å². The minimum Gasteiger partial charge on any atom is -0.462 e. The molecular formula is C16H21N3O4S. The van der Waals surface area contributed by atoms with Gasteiger partial charge in [0.15, 0.2) is 0 Å². The summed E-state index contributed by atoms with van der Waals surface area (Å²) in [7, 11) is 1.56. The van der Waals surface area contributed by atoms with Crippen molar-refractivity contribution in [2.75, 3.05) is 26.9 Å². The standard InChI is InChI=1S/C16H21N3O4S/c1-5-23-16(21)13-8-12(9-17)15(19-10(13)2)24-11(3)14(20)18-6-7-22-4/h8,11H,5-7H2,1-4H3,(H,18,20)/t11-/m1/s1. The average molecular weight is 351 g/mol. The number of methoxy groups -OCH3 is 1. The molecule has 130 valence electrons. The van der Waals surface area contributed by atoms with E-state index >= 15 is 0 Å². The molecule has 0 aromatic carbocycles. The number of carbonyl (C=O) groups is 2. The van der Waals surface area contributed by atoms with E-state index in [4.69, 9.17) is 9.47 Å². The third kappa shape index (κ3) is 5.51. The Kier molecular flexibility index (Phi) is 8.22. The van der Waals surface area contributed by atoms with E-state index in [2.05, 4.69) is 10.3 Å². The van der Waals surface area contributed by atoms with Gasteiger partial charge in [0, 0.05) is 13.7 Å². The lowest BCUT2D eigenvalue weighted by Crippen LogP contribution is -2.33. The molecule has 0 unspecified atom stereocenters. The first kappa shape index (κ1) is 19.9. The molecule has 24 heavy (non-hydrogen) atoms. The lowest BCUT2D eigenvalue weighted by Gasteiger charge is -2.13. The monoisotopic (exact) mass is 351 g/mol. The Labute approximate surface area is 145 Å². The molecule has 1 aromatic heterocycles. The summed E-state index contributed by atoms with van der Waals surface area (Å²) in [4.78, 5) is 28.2. The van der Waals surface area contributed by atoms with E-state index < -0.39 is 11.2 Å². The van der Waals surface area contributed by atoms with Gasteiger partial charge in [-0.3, -0.25) is 4.79 Å². The fourth-order valence-corrected chi connectivity index (χ4v) is 2.76. The maximum absolute atomic E-state index is 12.0. The molecule has 1 heterocycles. The number of esters is 1. The highest BCUT2D eigenvalue weighted by Crippen LogP contribution is 2.27. The Morgan fingerprint density at radius 1 is 1.50 bits per heavy atom. The number of pyridine rings is 1. The van der Waals surface area contributed by atoms with Crippen LogP contribution >= 0.6 is 11.8 Å². The van der Waals surface area contributed by atoms with Gasteiger partial charge < -0.3 is 14.8 Å². The Bertz CT molecular complexity index is 643. The highest BCUT2D eigenvalue weighted by atomic mass is 32.2. The van der Waals surface area contributed by atoms with Crippen molar-refractivity contribution in [2.24, 2.45) is 0 Å². The first-order valence-corrected chi connectivity index (χ1v) is 8.34. The van der Waals surface area contributed by atoms with E-state index in [1.54, 1.807) is 27.9 Å². The van der Waals surface area contributed by atoms with Crippen LogP contribution in [0.3, 0.4) is 0 Å². The zero-order valence-corrected chi connectivity index (χ0v) is 15.0. The van der Waals surface area contributed by atoms with E-state index in [0.29, 0.717) is 23.9 Å². The Morgan fingerprint density at radius 2 is 2.21 bits per heavy atom. The van der Waals surface area contributed by atoms with Crippen LogP contribution in [0.2, 0.25) is 0 Å². The number of nitrogens with zero attached hydrogens (tertiary/aromatic N) is 2. The van der Waals surface area contributed by atoms with Crippen molar-refractivity contribution in [3.8, 4) is 6.07 Å². The lowest BCUT2D eigenvalue weighted by atomic mass is 10.1. The zero-order valence-electron chi connectivity index (χ0n) is 14.2. The van der Waals surface area contributed by atoms with E-state index in [-0.39, 0.29) is 23.6 Å². The van der Waals surface area contributed by atoms with E-state index in [9.17, 15) is 14.9 Å². The molecule has 0 bridgehead atoms. The second-order valence-corrected chi connectivity index (χ2v) is 6.18. The number of amides is 1. The lowest BCUT2D eigenvalue weighted by molar-refractivity contribution is -0.120. The minimum atomic E-state index is -0.513. The van der Waals surface area contributed by atoms with Crippen LogP contribution in [0, 0.1) is 18.3 Å². The molecule has 0 saturated heterocycles. The van der Waals surface area contributed by atoms with Gasteiger partial charge in [0.1, 0.15) is 11.1 Å². The maximum Gasteiger partial charge on any atom is 0.340 e. The summed E-state index contributed by atoms with van der Waals surface area (Å²) in [5.74, 6) is -0.684. The SMILES string of the molecule is CCOC(=O)c1cc(C#N)c(S[C@H](C)C(=O)NCCOC)nc1C. The van der Waals surface area contributed by atoms with Crippen molar-refractivity contribution >= 4 is 23.6 Å². The number of rotatable bonds is 8. The summed E-state index contributed by atoms with van der Waals surface area (Å²) in [5.41, 5.74) is 0.960. The fraction of sp³-hybridized carbons (Fsp3) is 0.500. The Hall–Kier alpha value is -2.11.